The minimum Gasteiger partial charge on any atom is -0.490 e. The number of aliphatic hydroxyl groups excluding tert-OH is 1. The number of hydrogen-bond donors (Lipinski definition) is 1. The number of unbranched alkanes of at least 4 members (excludes halogenated alkanes) is 1. The van der Waals surface area contributed by atoms with Gasteiger partial charge in [0.25, 0.3) is 0 Å². The molecule has 1 heterocycles. The van der Waals surface area contributed by atoms with Crippen LogP contribution in [0.4, 0.5) is 0 Å². The third-order valence-corrected chi connectivity index (χ3v) is 4.45. The van der Waals surface area contributed by atoms with Gasteiger partial charge in [-0.3, -0.25) is 0 Å². The third-order valence-electron chi connectivity index (χ3n) is 4.20. The Kier molecular flexibility index (Phi) is 5.01. The van der Waals surface area contributed by atoms with Crippen LogP contribution in [0.1, 0.15) is 31.2 Å². The van der Waals surface area contributed by atoms with Crippen molar-refractivity contribution >= 4 is 11.6 Å². The largest absolute Gasteiger partial charge is 0.490 e. The molecule has 1 aliphatic heterocycles. The molecule has 0 fully saturated rings. The lowest BCUT2D eigenvalue weighted by Gasteiger charge is -2.26. The highest BCUT2D eigenvalue weighted by Gasteiger charge is 2.19. The Morgan fingerprint density at radius 2 is 1.82 bits per heavy atom. The van der Waals surface area contributed by atoms with Gasteiger partial charge in [0, 0.05) is 11.6 Å². The highest BCUT2D eigenvalue weighted by atomic mass is 35.5. The molecule has 2 nitrogen and oxygen atoms in total. The number of ether oxygens (including phenoxy) is 1. The summed E-state index contributed by atoms with van der Waals surface area (Å²) in [5, 5.41) is 9.62. The highest BCUT2D eigenvalue weighted by molar-refractivity contribution is 6.30. The monoisotopic (exact) mass is 316 g/mol. The Morgan fingerprint density at radius 3 is 2.59 bits per heavy atom. The van der Waals surface area contributed by atoms with E-state index in [2.05, 4.69) is 18.2 Å². The van der Waals surface area contributed by atoms with Crippen LogP contribution >= 0.6 is 11.6 Å². The van der Waals surface area contributed by atoms with E-state index >= 15 is 0 Å². The first kappa shape index (κ1) is 15.4. The average molecular weight is 317 g/mol. The van der Waals surface area contributed by atoms with Crippen LogP contribution in [0.15, 0.2) is 42.5 Å². The smallest absolute Gasteiger partial charge is 0.122 e. The summed E-state index contributed by atoms with van der Waals surface area (Å²) in [5.41, 5.74) is 3.67. The molecule has 2 aromatic carbocycles. The molecule has 0 saturated heterocycles. The zero-order valence-electron chi connectivity index (χ0n) is 12.6. The normalized spacial score (nSPS) is 16.9. The number of aliphatic hydroxyl groups is 1. The van der Waals surface area contributed by atoms with Gasteiger partial charge in [0.15, 0.2) is 0 Å². The van der Waals surface area contributed by atoms with Gasteiger partial charge in [-0.2, -0.15) is 0 Å². The Morgan fingerprint density at radius 1 is 1.05 bits per heavy atom. The van der Waals surface area contributed by atoms with Gasteiger partial charge in [-0.1, -0.05) is 29.8 Å². The van der Waals surface area contributed by atoms with Gasteiger partial charge >= 0.3 is 0 Å². The first-order valence-corrected chi connectivity index (χ1v) is 8.30. The molecule has 0 aromatic heterocycles. The van der Waals surface area contributed by atoms with Crippen LogP contribution in [0.3, 0.4) is 0 Å². The zero-order valence-corrected chi connectivity index (χ0v) is 13.4. The van der Waals surface area contributed by atoms with Crippen molar-refractivity contribution in [2.24, 2.45) is 0 Å². The molecule has 0 amide bonds. The van der Waals surface area contributed by atoms with Gasteiger partial charge in [-0.25, -0.2) is 0 Å². The van der Waals surface area contributed by atoms with Crippen LogP contribution < -0.4 is 4.74 Å². The summed E-state index contributed by atoms with van der Waals surface area (Å²) in [6.07, 6.45) is 5.32. The number of benzene rings is 2. The van der Waals surface area contributed by atoms with Crippen LogP contribution in [0.5, 0.6) is 5.75 Å². The standard InChI is InChI=1S/C19H21ClO2/c20-17-8-4-14(5-9-17)15-7-11-19-16(13-15)6-10-18(22-19)3-1-2-12-21/h4-5,7-9,11,13,18,21H,1-3,6,10,12H2. The molecule has 2 aromatic rings. The molecule has 1 N–H and O–H groups in total. The second-order valence-electron chi connectivity index (χ2n) is 5.83. The molecule has 22 heavy (non-hydrogen) atoms. The highest BCUT2D eigenvalue weighted by Crippen LogP contribution is 2.33. The molecule has 0 spiro atoms. The van der Waals surface area contributed by atoms with E-state index in [-0.39, 0.29) is 6.61 Å². The summed E-state index contributed by atoms with van der Waals surface area (Å²) in [7, 11) is 0. The molecular weight excluding hydrogens is 296 g/mol. The second kappa shape index (κ2) is 7.17. The van der Waals surface area contributed by atoms with Crippen LogP contribution in [0.25, 0.3) is 11.1 Å². The molecule has 0 bridgehead atoms. The van der Waals surface area contributed by atoms with E-state index in [0.717, 1.165) is 42.9 Å². The van der Waals surface area contributed by atoms with Crippen molar-refractivity contribution in [3.05, 3.63) is 53.1 Å². The fourth-order valence-corrected chi connectivity index (χ4v) is 3.08. The lowest BCUT2D eigenvalue weighted by atomic mass is 9.95. The summed E-state index contributed by atoms with van der Waals surface area (Å²) >= 11 is 5.95. The van der Waals surface area contributed by atoms with Crippen molar-refractivity contribution in [2.45, 2.75) is 38.2 Å². The molecule has 0 aliphatic carbocycles. The number of hydrogen-bond acceptors (Lipinski definition) is 2. The second-order valence-corrected chi connectivity index (χ2v) is 6.26. The van der Waals surface area contributed by atoms with Crippen molar-refractivity contribution in [3.63, 3.8) is 0 Å². The molecule has 1 unspecified atom stereocenters. The number of halogens is 1. The minimum atomic E-state index is 0.272. The van der Waals surface area contributed by atoms with Crippen LogP contribution in [0.2, 0.25) is 5.02 Å². The SMILES string of the molecule is OCCCCC1CCc2cc(-c3ccc(Cl)cc3)ccc2O1. The number of aryl methyl sites for hydroxylation is 1. The predicted molar refractivity (Wildman–Crippen MR) is 90.6 cm³/mol. The van der Waals surface area contributed by atoms with Gasteiger partial charge in [-0.15, -0.1) is 0 Å². The maximum atomic E-state index is 8.86. The third kappa shape index (κ3) is 3.63. The van der Waals surface area contributed by atoms with E-state index in [9.17, 15) is 0 Å². The van der Waals surface area contributed by atoms with Crippen molar-refractivity contribution in [2.75, 3.05) is 6.61 Å². The molecule has 3 heteroatoms. The van der Waals surface area contributed by atoms with Crippen LogP contribution in [-0.4, -0.2) is 17.8 Å². The van der Waals surface area contributed by atoms with Gasteiger partial charge in [0.05, 0.1) is 6.10 Å². The van der Waals surface area contributed by atoms with E-state index in [4.69, 9.17) is 21.4 Å². The Bertz CT molecular complexity index is 622. The van der Waals surface area contributed by atoms with E-state index in [1.54, 1.807) is 0 Å². The van der Waals surface area contributed by atoms with Gasteiger partial charge in [-0.05, 0) is 73.1 Å². The average Bonchev–Trinajstić information content (AvgIpc) is 2.55. The number of rotatable bonds is 5. The lowest BCUT2D eigenvalue weighted by Crippen LogP contribution is -2.22. The van der Waals surface area contributed by atoms with Gasteiger partial charge in [0.2, 0.25) is 0 Å². The van der Waals surface area contributed by atoms with E-state index < -0.39 is 0 Å². The van der Waals surface area contributed by atoms with Crippen molar-refractivity contribution in [3.8, 4) is 16.9 Å². The van der Waals surface area contributed by atoms with Crippen molar-refractivity contribution in [1.82, 2.24) is 0 Å². The summed E-state index contributed by atoms with van der Waals surface area (Å²) in [6.45, 7) is 0.272. The van der Waals surface area contributed by atoms with Gasteiger partial charge < -0.3 is 9.84 Å². The minimum absolute atomic E-state index is 0.272. The molecule has 0 saturated carbocycles. The first-order chi connectivity index (χ1) is 10.8. The van der Waals surface area contributed by atoms with Crippen LogP contribution in [-0.2, 0) is 6.42 Å². The molecule has 1 aliphatic rings. The van der Waals surface area contributed by atoms with Crippen molar-refractivity contribution in [1.29, 1.82) is 0 Å². The predicted octanol–water partition coefficient (Wildman–Crippen LogP) is 4.86. The Balaban J connectivity index is 1.72. The fourth-order valence-electron chi connectivity index (χ4n) is 2.95. The quantitative estimate of drug-likeness (QED) is 0.798. The number of fused-ring (bicyclic) bond motifs is 1. The summed E-state index contributed by atoms with van der Waals surface area (Å²) < 4.78 is 6.09. The Hall–Kier alpha value is -1.51. The molecule has 3 rings (SSSR count). The summed E-state index contributed by atoms with van der Waals surface area (Å²) in [5.74, 6) is 1.01. The van der Waals surface area contributed by atoms with Crippen LogP contribution in [0, 0.1) is 0 Å². The van der Waals surface area contributed by atoms with E-state index in [0.29, 0.717) is 6.10 Å². The molecule has 1 atom stereocenters. The van der Waals surface area contributed by atoms with E-state index in [1.807, 2.05) is 24.3 Å². The summed E-state index contributed by atoms with van der Waals surface area (Å²) in [6, 6.07) is 14.4. The fraction of sp³-hybridized carbons (Fsp3) is 0.368. The zero-order chi connectivity index (χ0) is 15.4. The maximum Gasteiger partial charge on any atom is 0.122 e. The van der Waals surface area contributed by atoms with Gasteiger partial charge in [0.1, 0.15) is 5.75 Å². The lowest BCUT2D eigenvalue weighted by molar-refractivity contribution is 0.157. The molecular formula is C19H21ClO2. The molecule has 116 valence electrons. The topological polar surface area (TPSA) is 29.5 Å². The molecule has 0 radical (unpaired) electrons. The first-order valence-electron chi connectivity index (χ1n) is 7.92. The Labute approximate surface area is 136 Å². The van der Waals surface area contributed by atoms with E-state index in [1.165, 1.54) is 16.7 Å². The van der Waals surface area contributed by atoms with Crippen molar-refractivity contribution < 1.29 is 9.84 Å². The maximum absolute atomic E-state index is 8.86. The summed E-state index contributed by atoms with van der Waals surface area (Å²) in [4.78, 5) is 0.